The molecule has 2 heterocycles. The summed E-state index contributed by atoms with van der Waals surface area (Å²) < 4.78 is 5.55. The third-order valence-electron chi connectivity index (χ3n) is 3.95. The minimum atomic E-state index is -0.227. The van der Waals surface area contributed by atoms with Gasteiger partial charge < -0.3 is 14.7 Å². The number of amides is 1. The number of aliphatic hydroxyl groups is 1. The van der Waals surface area contributed by atoms with Crippen LogP contribution in [0.25, 0.3) is 0 Å². The maximum Gasteiger partial charge on any atom is 0.252 e. The van der Waals surface area contributed by atoms with Crippen LogP contribution < -0.4 is 0 Å². The van der Waals surface area contributed by atoms with E-state index < -0.39 is 0 Å². The summed E-state index contributed by atoms with van der Waals surface area (Å²) in [7, 11) is 0. The van der Waals surface area contributed by atoms with Crippen LogP contribution in [-0.4, -0.2) is 72.9 Å². The van der Waals surface area contributed by atoms with Crippen molar-refractivity contribution in [3.05, 3.63) is 0 Å². The van der Waals surface area contributed by atoms with Gasteiger partial charge in [0.15, 0.2) is 0 Å². The van der Waals surface area contributed by atoms with Crippen molar-refractivity contribution >= 4 is 5.91 Å². The number of aliphatic hydroxyl groups excluding tert-OH is 1. The fourth-order valence-corrected chi connectivity index (χ4v) is 2.75. The molecule has 2 fully saturated rings. The quantitative estimate of drug-likeness (QED) is 0.768. The lowest BCUT2D eigenvalue weighted by Crippen LogP contribution is -2.43. The SMILES string of the molecule is CC1CCOC1C(=O)N1CCCN(CCO)CC1. The molecule has 2 saturated heterocycles. The number of carbonyl (C=O) groups is 1. The molecule has 2 rings (SSSR count). The molecule has 0 radical (unpaired) electrons. The van der Waals surface area contributed by atoms with Gasteiger partial charge >= 0.3 is 0 Å². The van der Waals surface area contributed by atoms with Gasteiger partial charge in [0.1, 0.15) is 6.10 Å². The lowest BCUT2D eigenvalue weighted by atomic mass is 10.0. The molecule has 0 aliphatic carbocycles. The largest absolute Gasteiger partial charge is 0.395 e. The number of hydrogen-bond acceptors (Lipinski definition) is 4. The van der Waals surface area contributed by atoms with Crippen LogP contribution in [0, 0.1) is 5.92 Å². The van der Waals surface area contributed by atoms with Gasteiger partial charge in [0.25, 0.3) is 5.91 Å². The molecule has 1 amide bonds. The van der Waals surface area contributed by atoms with Crippen molar-refractivity contribution in [1.29, 1.82) is 0 Å². The van der Waals surface area contributed by atoms with Gasteiger partial charge in [-0.2, -0.15) is 0 Å². The number of ether oxygens (including phenoxy) is 1. The summed E-state index contributed by atoms with van der Waals surface area (Å²) in [5.41, 5.74) is 0. The van der Waals surface area contributed by atoms with Crippen molar-refractivity contribution in [3.8, 4) is 0 Å². The number of hydrogen-bond donors (Lipinski definition) is 1. The third kappa shape index (κ3) is 3.22. The summed E-state index contributed by atoms with van der Waals surface area (Å²) in [6, 6.07) is 0. The smallest absolute Gasteiger partial charge is 0.252 e. The second kappa shape index (κ2) is 6.50. The minimum absolute atomic E-state index is 0.158. The highest BCUT2D eigenvalue weighted by Gasteiger charge is 2.34. The minimum Gasteiger partial charge on any atom is -0.395 e. The molecule has 2 atom stereocenters. The Morgan fingerprint density at radius 2 is 2.17 bits per heavy atom. The van der Waals surface area contributed by atoms with Crippen LogP contribution in [0.3, 0.4) is 0 Å². The monoisotopic (exact) mass is 256 g/mol. The van der Waals surface area contributed by atoms with Gasteiger partial charge in [-0.05, 0) is 25.3 Å². The first-order chi connectivity index (χ1) is 8.72. The topological polar surface area (TPSA) is 53.0 Å². The molecule has 0 bridgehead atoms. The lowest BCUT2D eigenvalue weighted by molar-refractivity contribution is -0.142. The number of nitrogens with zero attached hydrogens (tertiary/aromatic N) is 2. The highest BCUT2D eigenvalue weighted by Crippen LogP contribution is 2.22. The first-order valence-corrected chi connectivity index (χ1v) is 6.96. The molecular formula is C13H24N2O3. The number of β-amino-alcohol motifs (C(OH)–C–C–N with tert-alkyl or cyclic N) is 1. The van der Waals surface area contributed by atoms with E-state index in [1.54, 1.807) is 0 Å². The summed E-state index contributed by atoms with van der Waals surface area (Å²) in [4.78, 5) is 16.5. The average Bonchev–Trinajstić information content (AvgIpc) is 2.64. The Morgan fingerprint density at radius 3 is 2.83 bits per heavy atom. The predicted octanol–water partition coefficient (Wildman–Crippen LogP) is -0.0620. The maximum atomic E-state index is 12.4. The van der Waals surface area contributed by atoms with E-state index >= 15 is 0 Å². The van der Waals surface area contributed by atoms with Crippen LogP contribution in [-0.2, 0) is 9.53 Å². The molecule has 0 aromatic rings. The van der Waals surface area contributed by atoms with E-state index in [2.05, 4.69) is 11.8 Å². The fraction of sp³-hybridized carbons (Fsp3) is 0.923. The number of rotatable bonds is 3. The Morgan fingerprint density at radius 1 is 1.33 bits per heavy atom. The zero-order valence-electron chi connectivity index (χ0n) is 11.2. The summed E-state index contributed by atoms with van der Waals surface area (Å²) in [5.74, 6) is 0.500. The number of carbonyl (C=O) groups excluding carboxylic acids is 1. The highest BCUT2D eigenvalue weighted by atomic mass is 16.5. The zero-order valence-corrected chi connectivity index (χ0v) is 11.2. The molecule has 0 spiro atoms. The van der Waals surface area contributed by atoms with E-state index in [-0.39, 0.29) is 18.6 Å². The van der Waals surface area contributed by atoms with Crippen LogP contribution in [0.1, 0.15) is 19.8 Å². The van der Waals surface area contributed by atoms with Gasteiger partial charge in [-0.25, -0.2) is 0 Å². The predicted molar refractivity (Wildman–Crippen MR) is 68.2 cm³/mol. The Bertz CT molecular complexity index is 285. The molecule has 5 heteroatoms. The summed E-state index contributed by atoms with van der Waals surface area (Å²) in [6.45, 7) is 7.08. The van der Waals surface area contributed by atoms with Crippen LogP contribution >= 0.6 is 0 Å². The lowest BCUT2D eigenvalue weighted by Gasteiger charge is -2.25. The second-order valence-electron chi connectivity index (χ2n) is 5.30. The molecule has 0 saturated carbocycles. The van der Waals surface area contributed by atoms with Crippen molar-refractivity contribution in [2.75, 3.05) is 45.9 Å². The first kappa shape index (κ1) is 13.8. The third-order valence-corrected chi connectivity index (χ3v) is 3.95. The molecule has 18 heavy (non-hydrogen) atoms. The maximum absolute atomic E-state index is 12.4. The van der Waals surface area contributed by atoms with Crippen molar-refractivity contribution in [1.82, 2.24) is 9.80 Å². The van der Waals surface area contributed by atoms with Crippen LogP contribution in [0.5, 0.6) is 0 Å². The van der Waals surface area contributed by atoms with E-state index in [0.717, 1.165) is 39.0 Å². The van der Waals surface area contributed by atoms with Crippen LogP contribution in [0.15, 0.2) is 0 Å². The van der Waals surface area contributed by atoms with Gasteiger partial charge in [-0.1, -0.05) is 6.92 Å². The molecule has 2 aliphatic rings. The van der Waals surface area contributed by atoms with E-state index in [4.69, 9.17) is 9.84 Å². The summed E-state index contributed by atoms with van der Waals surface area (Å²) in [6.07, 6.45) is 1.74. The Kier molecular flexibility index (Phi) is 4.97. The molecular weight excluding hydrogens is 232 g/mol. The molecule has 1 N–H and O–H groups in total. The van der Waals surface area contributed by atoms with Crippen LogP contribution in [0.4, 0.5) is 0 Å². The zero-order chi connectivity index (χ0) is 13.0. The highest BCUT2D eigenvalue weighted by molar-refractivity contribution is 5.81. The Labute approximate surface area is 109 Å². The Hall–Kier alpha value is -0.650. The molecule has 5 nitrogen and oxygen atoms in total. The van der Waals surface area contributed by atoms with E-state index in [1.165, 1.54) is 0 Å². The molecule has 104 valence electrons. The summed E-state index contributed by atoms with van der Waals surface area (Å²) in [5, 5.41) is 8.95. The van der Waals surface area contributed by atoms with Gasteiger partial charge in [0.2, 0.25) is 0 Å². The fourth-order valence-electron chi connectivity index (χ4n) is 2.75. The second-order valence-corrected chi connectivity index (χ2v) is 5.30. The molecule has 0 aromatic heterocycles. The van der Waals surface area contributed by atoms with E-state index in [0.29, 0.717) is 19.1 Å². The Balaban J connectivity index is 1.87. The van der Waals surface area contributed by atoms with Crippen molar-refractivity contribution in [2.45, 2.75) is 25.9 Å². The molecule has 2 unspecified atom stereocenters. The van der Waals surface area contributed by atoms with Gasteiger partial charge in [-0.15, -0.1) is 0 Å². The normalized spacial score (nSPS) is 30.4. The van der Waals surface area contributed by atoms with Crippen molar-refractivity contribution in [3.63, 3.8) is 0 Å². The molecule has 0 aromatic carbocycles. The molecule has 2 aliphatic heterocycles. The van der Waals surface area contributed by atoms with Crippen LogP contribution in [0.2, 0.25) is 0 Å². The van der Waals surface area contributed by atoms with E-state index in [1.807, 2.05) is 4.90 Å². The first-order valence-electron chi connectivity index (χ1n) is 6.96. The van der Waals surface area contributed by atoms with E-state index in [9.17, 15) is 4.79 Å². The van der Waals surface area contributed by atoms with Crippen molar-refractivity contribution < 1.29 is 14.6 Å². The average molecular weight is 256 g/mol. The van der Waals surface area contributed by atoms with Crippen molar-refractivity contribution in [2.24, 2.45) is 5.92 Å². The van der Waals surface area contributed by atoms with Gasteiger partial charge in [0.05, 0.1) is 6.61 Å². The van der Waals surface area contributed by atoms with Gasteiger partial charge in [0, 0.05) is 32.8 Å². The van der Waals surface area contributed by atoms with Gasteiger partial charge in [-0.3, -0.25) is 9.69 Å². The standard InChI is InChI=1S/C13H24N2O3/c1-11-3-10-18-12(11)13(17)15-5-2-4-14(6-7-15)8-9-16/h11-12,16H,2-10H2,1H3. The summed E-state index contributed by atoms with van der Waals surface area (Å²) >= 11 is 0.